The first-order valence-electron chi connectivity index (χ1n) is 13.5. The van der Waals surface area contributed by atoms with E-state index in [4.69, 9.17) is 0 Å². The van der Waals surface area contributed by atoms with Crippen molar-refractivity contribution in [2.45, 2.75) is 52.4 Å². The standard InChI is InChI=1S/C36H34/c1-25-23-29(17-9-15-27-11-5-3-6-12-27)33-21-22-34-30(18-10-16-28-13-7-4-8-14-28)24-26(2)32-20-19-31(25)35(33)36(32)34/h3-8,11-14,19-24H,9-10,15-18H2,1-2H3. The molecule has 0 bridgehead atoms. The van der Waals surface area contributed by atoms with Gasteiger partial charge in [0.1, 0.15) is 0 Å². The summed E-state index contributed by atoms with van der Waals surface area (Å²) in [5.41, 5.74) is 8.66. The van der Waals surface area contributed by atoms with Gasteiger partial charge in [-0.15, -0.1) is 0 Å². The predicted molar refractivity (Wildman–Crippen MR) is 157 cm³/mol. The topological polar surface area (TPSA) is 0 Å². The summed E-state index contributed by atoms with van der Waals surface area (Å²) in [4.78, 5) is 0. The minimum Gasteiger partial charge on any atom is -0.0622 e. The lowest BCUT2D eigenvalue weighted by molar-refractivity contribution is 0.824. The van der Waals surface area contributed by atoms with Gasteiger partial charge < -0.3 is 0 Å². The van der Waals surface area contributed by atoms with Crippen LogP contribution in [0.4, 0.5) is 0 Å². The first kappa shape index (κ1) is 22.8. The second-order valence-corrected chi connectivity index (χ2v) is 10.5. The van der Waals surface area contributed by atoms with E-state index in [0.717, 1.165) is 25.7 Å². The molecule has 0 aliphatic rings. The zero-order chi connectivity index (χ0) is 24.5. The Morgan fingerprint density at radius 2 is 0.806 bits per heavy atom. The van der Waals surface area contributed by atoms with Crippen molar-refractivity contribution in [2.75, 3.05) is 0 Å². The molecule has 0 heteroatoms. The van der Waals surface area contributed by atoms with E-state index in [1.54, 1.807) is 0 Å². The van der Waals surface area contributed by atoms with Crippen LogP contribution in [0.2, 0.25) is 0 Å². The quantitative estimate of drug-likeness (QED) is 0.196. The normalized spacial score (nSPS) is 11.7. The molecular weight excluding hydrogens is 432 g/mol. The fourth-order valence-corrected chi connectivity index (χ4v) is 6.19. The van der Waals surface area contributed by atoms with Gasteiger partial charge in [-0.25, -0.2) is 0 Å². The first-order chi connectivity index (χ1) is 17.7. The lowest BCUT2D eigenvalue weighted by atomic mass is 9.85. The van der Waals surface area contributed by atoms with Gasteiger partial charge in [0, 0.05) is 0 Å². The van der Waals surface area contributed by atoms with Gasteiger partial charge >= 0.3 is 0 Å². The Kier molecular flexibility index (Phi) is 6.20. The summed E-state index contributed by atoms with van der Waals surface area (Å²) in [5.74, 6) is 0. The minimum absolute atomic E-state index is 1.12. The third-order valence-corrected chi connectivity index (χ3v) is 7.99. The molecule has 0 spiro atoms. The smallest absolute Gasteiger partial charge is 0.00212 e. The summed E-state index contributed by atoms with van der Waals surface area (Å²) in [6.07, 6.45) is 6.85. The summed E-state index contributed by atoms with van der Waals surface area (Å²) in [5, 5.41) is 8.68. The molecule has 0 N–H and O–H groups in total. The zero-order valence-corrected chi connectivity index (χ0v) is 21.5. The van der Waals surface area contributed by atoms with Gasteiger partial charge in [0.15, 0.2) is 0 Å². The molecular formula is C36H34. The second kappa shape index (κ2) is 9.78. The van der Waals surface area contributed by atoms with Crippen LogP contribution >= 0.6 is 0 Å². The Hall–Kier alpha value is -3.64. The number of aryl methyl sites for hydroxylation is 6. The van der Waals surface area contributed by atoms with Crippen molar-refractivity contribution in [1.29, 1.82) is 0 Å². The largest absolute Gasteiger partial charge is 0.0622 e. The van der Waals surface area contributed by atoms with Crippen molar-refractivity contribution >= 4 is 32.3 Å². The van der Waals surface area contributed by atoms with Crippen LogP contribution in [0.1, 0.15) is 46.2 Å². The van der Waals surface area contributed by atoms with Crippen molar-refractivity contribution in [3.05, 3.63) is 130 Å². The van der Waals surface area contributed by atoms with Crippen LogP contribution in [-0.2, 0) is 25.7 Å². The van der Waals surface area contributed by atoms with E-state index in [-0.39, 0.29) is 0 Å². The maximum absolute atomic E-state index is 2.44. The lowest BCUT2D eigenvalue weighted by Gasteiger charge is -2.19. The molecule has 6 rings (SSSR count). The molecule has 0 unspecified atom stereocenters. The van der Waals surface area contributed by atoms with E-state index >= 15 is 0 Å². The first-order valence-corrected chi connectivity index (χ1v) is 13.5. The Bertz CT molecular complexity index is 1500. The molecule has 0 saturated heterocycles. The van der Waals surface area contributed by atoms with E-state index in [1.165, 1.54) is 78.5 Å². The number of hydrogen-bond donors (Lipinski definition) is 0. The molecule has 0 nitrogen and oxygen atoms in total. The highest BCUT2D eigenvalue weighted by molar-refractivity contribution is 6.25. The van der Waals surface area contributed by atoms with Gasteiger partial charge in [-0.05, 0) is 118 Å². The van der Waals surface area contributed by atoms with Gasteiger partial charge in [-0.3, -0.25) is 0 Å². The van der Waals surface area contributed by atoms with Crippen LogP contribution in [0.15, 0.2) is 97.1 Å². The van der Waals surface area contributed by atoms with Crippen LogP contribution in [0, 0.1) is 13.8 Å². The van der Waals surface area contributed by atoms with E-state index < -0.39 is 0 Å². The maximum atomic E-state index is 2.44. The second-order valence-electron chi connectivity index (χ2n) is 10.5. The maximum Gasteiger partial charge on any atom is -0.00212 e. The molecule has 0 saturated carbocycles. The number of rotatable bonds is 8. The van der Waals surface area contributed by atoms with Crippen molar-refractivity contribution < 1.29 is 0 Å². The van der Waals surface area contributed by atoms with Gasteiger partial charge in [-0.1, -0.05) is 97.1 Å². The van der Waals surface area contributed by atoms with Crippen molar-refractivity contribution in [3.63, 3.8) is 0 Å². The highest BCUT2D eigenvalue weighted by atomic mass is 14.2. The molecule has 178 valence electrons. The highest BCUT2D eigenvalue weighted by Gasteiger charge is 2.16. The summed E-state index contributed by atoms with van der Waals surface area (Å²) in [6, 6.07) is 36.2. The van der Waals surface area contributed by atoms with E-state index in [0.29, 0.717) is 0 Å². The molecule has 6 aromatic rings. The Morgan fingerprint density at radius 3 is 1.22 bits per heavy atom. The number of benzene rings is 6. The molecule has 0 aromatic heterocycles. The monoisotopic (exact) mass is 466 g/mol. The SMILES string of the molecule is Cc1cc(CCCc2ccccc2)c2ccc3c(CCCc4ccccc4)cc(C)c4ccc1c2c43. The fraction of sp³-hybridized carbons (Fsp3) is 0.222. The Morgan fingerprint density at radius 1 is 0.417 bits per heavy atom. The molecule has 0 aliphatic carbocycles. The lowest BCUT2D eigenvalue weighted by Crippen LogP contribution is -1.98. The van der Waals surface area contributed by atoms with Crippen LogP contribution in [-0.4, -0.2) is 0 Å². The van der Waals surface area contributed by atoms with Crippen LogP contribution in [0.25, 0.3) is 32.3 Å². The van der Waals surface area contributed by atoms with Gasteiger partial charge in [0.2, 0.25) is 0 Å². The van der Waals surface area contributed by atoms with Crippen molar-refractivity contribution in [2.24, 2.45) is 0 Å². The number of hydrogen-bond acceptors (Lipinski definition) is 0. The van der Waals surface area contributed by atoms with E-state index in [9.17, 15) is 0 Å². The van der Waals surface area contributed by atoms with Crippen LogP contribution < -0.4 is 0 Å². The summed E-state index contributed by atoms with van der Waals surface area (Å²) >= 11 is 0. The summed E-state index contributed by atoms with van der Waals surface area (Å²) in [7, 11) is 0. The van der Waals surface area contributed by atoms with Crippen LogP contribution in [0.5, 0.6) is 0 Å². The Labute approximate surface area is 214 Å². The highest BCUT2D eigenvalue weighted by Crippen LogP contribution is 2.40. The predicted octanol–water partition coefficient (Wildman–Crippen LogP) is 9.55. The third-order valence-electron chi connectivity index (χ3n) is 7.99. The minimum atomic E-state index is 1.12. The van der Waals surface area contributed by atoms with Gasteiger partial charge in [-0.2, -0.15) is 0 Å². The van der Waals surface area contributed by atoms with Gasteiger partial charge in [0.05, 0.1) is 0 Å². The fourth-order valence-electron chi connectivity index (χ4n) is 6.19. The molecule has 36 heavy (non-hydrogen) atoms. The van der Waals surface area contributed by atoms with Crippen molar-refractivity contribution in [1.82, 2.24) is 0 Å². The molecule has 0 aliphatic heterocycles. The Balaban J connectivity index is 1.38. The molecule has 6 aromatic carbocycles. The van der Waals surface area contributed by atoms with Crippen molar-refractivity contribution in [3.8, 4) is 0 Å². The molecule has 0 radical (unpaired) electrons. The molecule has 0 fully saturated rings. The average molecular weight is 467 g/mol. The summed E-state index contributed by atoms with van der Waals surface area (Å²) < 4.78 is 0. The van der Waals surface area contributed by atoms with Crippen LogP contribution in [0.3, 0.4) is 0 Å². The molecule has 0 heterocycles. The van der Waals surface area contributed by atoms with E-state index in [2.05, 4.69) is 111 Å². The zero-order valence-electron chi connectivity index (χ0n) is 21.5. The van der Waals surface area contributed by atoms with Gasteiger partial charge in [0.25, 0.3) is 0 Å². The summed E-state index contributed by atoms with van der Waals surface area (Å²) in [6.45, 7) is 4.58. The molecule has 0 amide bonds. The molecule has 0 atom stereocenters. The average Bonchev–Trinajstić information content (AvgIpc) is 2.91. The van der Waals surface area contributed by atoms with E-state index in [1.807, 2.05) is 0 Å². The third kappa shape index (κ3) is 4.26.